The predicted molar refractivity (Wildman–Crippen MR) is 91.7 cm³/mol. The summed E-state index contributed by atoms with van der Waals surface area (Å²) in [5, 5.41) is 13.0. The van der Waals surface area contributed by atoms with Gasteiger partial charge in [-0.25, -0.2) is 0 Å². The van der Waals surface area contributed by atoms with Gasteiger partial charge in [0.2, 0.25) is 0 Å². The Kier molecular flexibility index (Phi) is 7.66. The molecule has 0 aliphatic carbocycles. The highest BCUT2D eigenvalue weighted by atomic mass is 16.3. The normalized spacial score (nSPS) is 21.7. The Hall–Kier alpha value is -0.120. The molecule has 0 spiro atoms. The highest BCUT2D eigenvalue weighted by molar-refractivity contribution is 4.89. The second kappa shape index (κ2) is 8.50. The van der Waals surface area contributed by atoms with Crippen molar-refractivity contribution >= 4 is 0 Å². The van der Waals surface area contributed by atoms with E-state index in [2.05, 4.69) is 44.8 Å². The van der Waals surface area contributed by atoms with Gasteiger partial charge in [0.25, 0.3) is 0 Å². The summed E-state index contributed by atoms with van der Waals surface area (Å²) in [6, 6.07) is 0.593. The number of aliphatic hydroxyl groups excluding tert-OH is 1. The van der Waals surface area contributed by atoms with Crippen molar-refractivity contribution < 1.29 is 5.11 Å². The Morgan fingerprint density at radius 3 is 2.33 bits per heavy atom. The fraction of sp³-hybridized carbons (Fsp3) is 1.00. The van der Waals surface area contributed by atoms with Gasteiger partial charge in [-0.05, 0) is 64.8 Å². The molecule has 0 aromatic heterocycles. The van der Waals surface area contributed by atoms with Crippen LogP contribution in [0.15, 0.2) is 0 Å². The summed E-state index contributed by atoms with van der Waals surface area (Å²) in [6.45, 7) is 15.2. The Bertz CT molecular complexity index is 279. The minimum Gasteiger partial charge on any atom is -0.396 e. The van der Waals surface area contributed by atoms with Crippen molar-refractivity contribution in [2.24, 2.45) is 5.41 Å². The molecule has 0 saturated carbocycles. The van der Waals surface area contributed by atoms with Crippen LogP contribution in [0, 0.1) is 5.41 Å². The molecule has 1 saturated heterocycles. The second-order valence-electron chi connectivity index (χ2n) is 7.94. The molecule has 0 aromatic rings. The van der Waals surface area contributed by atoms with E-state index < -0.39 is 0 Å². The summed E-state index contributed by atoms with van der Waals surface area (Å²) in [7, 11) is 0. The monoisotopic (exact) mass is 298 g/mol. The minimum atomic E-state index is 0.183. The first-order chi connectivity index (χ1) is 9.86. The minimum absolute atomic E-state index is 0.183. The Morgan fingerprint density at radius 2 is 1.81 bits per heavy atom. The van der Waals surface area contributed by atoms with Crippen LogP contribution in [0.3, 0.4) is 0 Å². The molecular weight excluding hydrogens is 260 g/mol. The van der Waals surface area contributed by atoms with E-state index in [1.165, 1.54) is 45.2 Å². The SMILES string of the molecule is CCC(CC)(CNC(C)(C)C)CN1CCCCC1CCO. The fourth-order valence-corrected chi connectivity index (χ4v) is 3.41. The lowest BCUT2D eigenvalue weighted by atomic mass is 9.80. The molecule has 0 radical (unpaired) electrons. The van der Waals surface area contributed by atoms with Gasteiger partial charge in [0.15, 0.2) is 0 Å². The number of hydrogen-bond donors (Lipinski definition) is 2. The summed E-state index contributed by atoms with van der Waals surface area (Å²) in [5.41, 5.74) is 0.542. The Balaban J connectivity index is 2.70. The number of rotatable bonds is 8. The van der Waals surface area contributed by atoms with Crippen LogP contribution in [0.25, 0.3) is 0 Å². The van der Waals surface area contributed by atoms with Gasteiger partial charge in [0.05, 0.1) is 0 Å². The molecule has 0 bridgehead atoms. The average Bonchev–Trinajstić information content (AvgIpc) is 2.45. The van der Waals surface area contributed by atoms with Crippen LogP contribution in [0.5, 0.6) is 0 Å². The van der Waals surface area contributed by atoms with Gasteiger partial charge in [-0.15, -0.1) is 0 Å². The third-order valence-electron chi connectivity index (χ3n) is 5.24. The molecule has 1 rings (SSSR count). The zero-order valence-corrected chi connectivity index (χ0v) is 15.0. The third-order valence-corrected chi connectivity index (χ3v) is 5.24. The maximum atomic E-state index is 9.32. The average molecular weight is 299 g/mol. The third kappa shape index (κ3) is 6.25. The first-order valence-electron chi connectivity index (χ1n) is 8.96. The number of hydrogen-bond acceptors (Lipinski definition) is 3. The molecule has 1 fully saturated rings. The van der Waals surface area contributed by atoms with Crippen LogP contribution < -0.4 is 5.32 Å². The summed E-state index contributed by atoms with van der Waals surface area (Å²) >= 11 is 0. The van der Waals surface area contributed by atoms with Gasteiger partial charge < -0.3 is 10.4 Å². The largest absolute Gasteiger partial charge is 0.396 e. The standard InChI is InChI=1S/C18H38N2O/c1-6-18(7-2,14-19-17(3,4)5)15-20-12-9-8-10-16(20)11-13-21/h16,19,21H,6-15H2,1-5H3. The molecule has 0 aromatic carbocycles. The van der Waals surface area contributed by atoms with Crippen LogP contribution in [-0.4, -0.2) is 47.8 Å². The van der Waals surface area contributed by atoms with E-state index >= 15 is 0 Å². The summed E-state index contributed by atoms with van der Waals surface area (Å²) < 4.78 is 0. The van der Waals surface area contributed by atoms with E-state index in [1.54, 1.807) is 0 Å². The quantitative estimate of drug-likeness (QED) is 0.721. The van der Waals surface area contributed by atoms with Crippen LogP contribution in [0.1, 0.15) is 73.1 Å². The van der Waals surface area contributed by atoms with Crippen LogP contribution in [0.2, 0.25) is 0 Å². The van der Waals surface area contributed by atoms with E-state index in [4.69, 9.17) is 0 Å². The van der Waals surface area contributed by atoms with Crippen LogP contribution in [0.4, 0.5) is 0 Å². The summed E-state index contributed by atoms with van der Waals surface area (Å²) in [4.78, 5) is 2.66. The molecular formula is C18H38N2O. The number of piperidine rings is 1. The van der Waals surface area contributed by atoms with Gasteiger partial charge in [0.1, 0.15) is 0 Å². The number of nitrogens with one attached hydrogen (secondary N) is 1. The topological polar surface area (TPSA) is 35.5 Å². The van der Waals surface area contributed by atoms with Crippen molar-refractivity contribution in [3.8, 4) is 0 Å². The molecule has 1 heterocycles. The van der Waals surface area contributed by atoms with Crippen molar-refractivity contribution in [2.75, 3.05) is 26.2 Å². The highest BCUT2D eigenvalue weighted by Crippen LogP contribution is 2.31. The second-order valence-corrected chi connectivity index (χ2v) is 7.94. The lowest BCUT2D eigenvalue weighted by molar-refractivity contribution is 0.0571. The maximum absolute atomic E-state index is 9.32. The zero-order chi connectivity index (χ0) is 15.9. The van der Waals surface area contributed by atoms with Gasteiger partial charge in [-0.2, -0.15) is 0 Å². The lowest BCUT2D eigenvalue weighted by Gasteiger charge is -2.44. The van der Waals surface area contributed by atoms with E-state index in [-0.39, 0.29) is 5.54 Å². The van der Waals surface area contributed by atoms with Crippen molar-refractivity contribution in [1.82, 2.24) is 10.2 Å². The van der Waals surface area contributed by atoms with Gasteiger partial charge in [-0.3, -0.25) is 4.90 Å². The predicted octanol–water partition coefficient (Wildman–Crippen LogP) is 3.42. The summed E-state index contributed by atoms with van der Waals surface area (Å²) in [5.74, 6) is 0. The smallest absolute Gasteiger partial charge is 0.0445 e. The number of likely N-dealkylation sites (tertiary alicyclic amines) is 1. The van der Waals surface area contributed by atoms with Crippen molar-refractivity contribution in [1.29, 1.82) is 0 Å². The van der Waals surface area contributed by atoms with E-state index in [0.29, 0.717) is 18.1 Å². The molecule has 2 N–H and O–H groups in total. The van der Waals surface area contributed by atoms with Crippen molar-refractivity contribution in [3.63, 3.8) is 0 Å². The molecule has 1 unspecified atom stereocenters. The molecule has 3 nitrogen and oxygen atoms in total. The van der Waals surface area contributed by atoms with E-state index in [1.807, 2.05) is 0 Å². The molecule has 1 aliphatic rings. The van der Waals surface area contributed by atoms with Crippen LogP contribution in [-0.2, 0) is 0 Å². The Morgan fingerprint density at radius 1 is 1.14 bits per heavy atom. The van der Waals surface area contributed by atoms with Crippen molar-refractivity contribution in [2.45, 2.75) is 84.7 Å². The summed E-state index contributed by atoms with van der Waals surface area (Å²) in [6.07, 6.45) is 7.28. The first-order valence-corrected chi connectivity index (χ1v) is 8.96. The van der Waals surface area contributed by atoms with Crippen molar-refractivity contribution in [3.05, 3.63) is 0 Å². The van der Waals surface area contributed by atoms with Gasteiger partial charge in [0, 0.05) is 31.3 Å². The molecule has 0 amide bonds. The molecule has 1 atom stereocenters. The number of aliphatic hydroxyl groups is 1. The molecule has 126 valence electrons. The molecule has 21 heavy (non-hydrogen) atoms. The highest BCUT2D eigenvalue weighted by Gasteiger charge is 2.33. The fourth-order valence-electron chi connectivity index (χ4n) is 3.41. The number of nitrogens with zero attached hydrogens (tertiary/aromatic N) is 1. The van der Waals surface area contributed by atoms with Crippen LogP contribution >= 0.6 is 0 Å². The lowest BCUT2D eigenvalue weighted by Crippen LogP contribution is -2.51. The zero-order valence-electron chi connectivity index (χ0n) is 15.0. The Labute approximate surface area is 132 Å². The first kappa shape index (κ1) is 18.9. The molecule has 3 heteroatoms. The van der Waals surface area contributed by atoms with E-state index in [0.717, 1.165) is 13.0 Å². The van der Waals surface area contributed by atoms with Gasteiger partial charge >= 0.3 is 0 Å². The van der Waals surface area contributed by atoms with E-state index in [9.17, 15) is 5.11 Å². The maximum Gasteiger partial charge on any atom is 0.0445 e. The molecule has 1 aliphatic heterocycles. The van der Waals surface area contributed by atoms with Gasteiger partial charge in [-0.1, -0.05) is 20.3 Å².